The minimum absolute atomic E-state index is 0.251. The fourth-order valence-electron chi connectivity index (χ4n) is 3.47. The van der Waals surface area contributed by atoms with Crippen LogP contribution >= 0.6 is 23.2 Å². The van der Waals surface area contributed by atoms with Crippen molar-refractivity contribution in [1.29, 1.82) is 0 Å². The van der Waals surface area contributed by atoms with Gasteiger partial charge < -0.3 is 9.73 Å². The molecule has 33 heavy (non-hydrogen) atoms. The molecule has 0 saturated heterocycles. The quantitative estimate of drug-likeness (QED) is 0.314. The lowest BCUT2D eigenvalue weighted by Gasteiger charge is -2.22. The van der Waals surface area contributed by atoms with Gasteiger partial charge in [0.15, 0.2) is 5.69 Å². The first-order chi connectivity index (χ1) is 16.1. The number of carbonyl (C=O) groups is 1. The van der Waals surface area contributed by atoms with Gasteiger partial charge in [-0.05, 0) is 22.8 Å². The summed E-state index contributed by atoms with van der Waals surface area (Å²) < 4.78 is 5.63. The first-order valence-electron chi connectivity index (χ1n) is 10.5. The summed E-state index contributed by atoms with van der Waals surface area (Å²) in [6.45, 7) is 2.03. The molecule has 0 fully saturated rings. The Morgan fingerprint density at radius 3 is 2.27 bits per heavy atom. The average molecular weight is 480 g/mol. The standard InChI is InChI=1S/C26H23Cl2N3O2/c27-22-13-7-12-21(25(22)28)16-31(15-20-10-5-2-6-11-20)17-24-30-23(18-33-24)26(32)29-14-19-8-3-1-4-9-19/h1-13,18H,14-17H2,(H,29,32). The summed E-state index contributed by atoms with van der Waals surface area (Å²) in [6.07, 6.45) is 1.39. The topological polar surface area (TPSA) is 58.4 Å². The zero-order valence-electron chi connectivity index (χ0n) is 17.9. The molecule has 168 valence electrons. The predicted molar refractivity (Wildman–Crippen MR) is 130 cm³/mol. The molecule has 0 aliphatic heterocycles. The van der Waals surface area contributed by atoms with E-state index in [0.717, 1.165) is 16.7 Å². The monoisotopic (exact) mass is 479 g/mol. The third-order valence-electron chi connectivity index (χ3n) is 5.11. The molecular weight excluding hydrogens is 457 g/mol. The Hall–Kier alpha value is -3.12. The molecule has 1 amide bonds. The van der Waals surface area contributed by atoms with Crippen LogP contribution in [0.3, 0.4) is 0 Å². The highest BCUT2D eigenvalue weighted by atomic mass is 35.5. The summed E-state index contributed by atoms with van der Waals surface area (Å²) in [5, 5.41) is 3.92. The van der Waals surface area contributed by atoms with E-state index in [9.17, 15) is 4.79 Å². The van der Waals surface area contributed by atoms with Crippen LogP contribution < -0.4 is 5.32 Å². The van der Waals surface area contributed by atoms with Gasteiger partial charge in [-0.15, -0.1) is 0 Å². The molecule has 1 heterocycles. The van der Waals surface area contributed by atoms with Crippen LogP contribution in [0.5, 0.6) is 0 Å². The van der Waals surface area contributed by atoms with Crippen LogP contribution in [0, 0.1) is 0 Å². The SMILES string of the molecule is O=C(NCc1ccccc1)c1coc(CN(Cc2ccccc2)Cc2cccc(Cl)c2Cl)n1. The minimum atomic E-state index is -0.277. The normalized spacial score (nSPS) is 11.0. The maximum absolute atomic E-state index is 12.5. The van der Waals surface area contributed by atoms with Crippen molar-refractivity contribution in [3.05, 3.63) is 123 Å². The van der Waals surface area contributed by atoms with Crippen LogP contribution in [0.15, 0.2) is 89.5 Å². The van der Waals surface area contributed by atoms with E-state index in [2.05, 4.69) is 27.3 Å². The summed E-state index contributed by atoms with van der Waals surface area (Å²) in [5.74, 6) is 0.176. The maximum Gasteiger partial charge on any atom is 0.273 e. The zero-order chi connectivity index (χ0) is 23.0. The number of aromatic nitrogens is 1. The molecule has 0 bridgehead atoms. The number of hydrogen-bond donors (Lipinski definition) is 1. The molecule has 4 aromatic rings. The fourth-order valence-corrected chi connectivity index (χ4v) is 3.85. The number of hydrogen-bond acceptors (Lipinski definition) is 4. The highest BCUT2D eigenvalue weighted by Crippen LogP contribution is 2.27. The van der Waals surface area contributed by atoms with Crippen LogP contribution in [-0.4, -0.2) is 15.8 Å². The number of oxazole rings is 1. The molecule has 0 atom stereocenters. The molecule has 3 aromatic carbocycles. The number of nitrogens with zero attached hydrogens (tertiary/aromatic N) is 2. The van der Waals surface area contributed by atoms with E-state index >= 15 is 0 Å². The lowest BCUT2D eigenvalue weighted by atomic mass is 10.1. The molecule has 0 unspecified atom stereocenters. The third kappa shape index (κ3) is 6.45. The van der Waals surface area contributed by atoms with Crippen LogP contribution in [0.25, 0.3) is 0 Å². The van der Waals surface area contributed by atoms with Crippen molar-refractivity contribution in [1.82, 2.24) is 15.2 Å². The second-order valence-corrected chi connectivity index (χ2v) is 8.42. The Bertz CT molecular complexity index is 1200. The van der Waals surface area contributed by atoms with Crippen molar-refractivity contribution in [2.75, 3.05) is 0 Å². The van der Waals surface area contributed by atoms with Gasteiger partial charge >= 0.3 is 0 Å². The predicted octanol–water partition coefficient (Wildman–Crippen LogP) is 6.11. The minimum Gasteiger partial charge on any atom is -0.447 e. The largest absolute Gasteiger partial charge is 0.447 e. The first kappa shape index (κ1) is 23.1. The van der Waals surface area contributed by atoms with E-state index in [1.54, 1.807) is 6.07 Å². The molecule has 7 heteroatoms. The summed E-state index contributed by atoms with van der Waals surface area (Å²) in [5.41, 5.74) is 3.32. The van der Waals surface area contributed by atoms with Crippen molar-refractivity contribution >= 4 is 29.1 Å². The van der Waals surface area contributed by atoms with Gasteiger partial charge in [0.1, 0.15) is 6.26 Å². The highest BCUT2D eigenvalue weighted by molar-refractivity contribution is 6.42. The summed E-state index contributed by atoms with van der Waals surface area (Å²) in [4.78, 5) is 19.1. The van der Waals surface area contributed by atoms with Gasteiger partial charge in [-0.25, -0.2) is 4.98 Å². The molecule has 4 rings (SSSR count). The van der Waals surface area contributed by atoms with Crippen molar-refractivity contribution in [3.63, 3.8) is 0 Å². The molecule has 0 aliphatic carbocycles. The summed E-state index contributed by atoms with van der Waals surface area (Å²) in [7, 11) is 0. The van der Waals surface area contributed by atoms with Gasteiger partial charge in [0.2, 0.25) is 5.89 Å². The average Bonchev–Trinajstić information content (AvgIpc) is 3.30. The fraction of sp³-hybridized carbons (Fsp3) is 0.154. The second kappa shape index (κ2) is 11.1. The van der Waals surface area contributed by atoms with E-state index < -0.39 is 0 Å². The Balaban J connectivity index is 1.46. The van der Waals surface area contributed by atoms with E-state index in [1.807, 2.05) is 60.7 Å². The Morgan fingerprint density at radius 2 is 1.55 bits per heavy atom. The van der Waals surface area contributed by atoms with Crippen molar-refractivity contribution in [3.8, 4) is 0 Å². The molecule has 0 radical (unpaired) electrons. The Kier molecular flexibility index (Phi) is 7.79. The smallest absolute Gasteiger partial charge is 0.273 e. The highest BCUT2D eigenvalue weighted by Gasteiger charge is 2.17. The van der Waals surface area contributed by atoms with Crippen molar-refractivity contribution in [2.45, 2.75) is 26.2 Å². The van der Waals surface area contributed by atoms with Gasteiger partial charge in [0.25, 0.3) is 5.91 Å². The molecule has 0 spiro atoms. The van der Waals surface area contributed by atoms with Gasteiger partial charge in [-0.3, -0.25) is 9.69 Å². The second-order valence-electron chi connectivity index (χ2n) is 7.64. The molecule has 0 saturated carbocycles. The van der Waals surface area contributed by atoms with E-state index in [4.69, 9.17) is 27.6 Å². The Labute approximate surface area is 203 Å². The van der Waals surface area contributed by atoms with E-state index in [0.29, 0.717) is 42.1 Å². The van der Waals surface area contributed by atoms with Crippen LogP contribution in [0.1, 0.15) is 33.1 Å². The van der Waals surface area contributed by atoms with Gasteiger partial charge in [0, 0.05) is 19.6 Å². The van der Waals surface area contributed by atoms with Gasteiger partial charge in [-0.1, -0.05) is 96.0 Å². The number of nitrogens with one attached hydrogen (secondary N) is 1. The molecule has 5 nitrogen and oxygen atoms in total. The van der Waals surface area contributed by atoms with Crippen LogP contribution in [0.2, 0.25) is 10.0 Å². The lowest BCUT2D eigenvalue weighted by Crippen LogP contribution is -2.24. The zero-order valence-corrected chi connectivity index (χ0v) is 19.4. The van der Waals surface area contributed by atoms with Crippen molar-refractivity contribution < 1.29 is 9.21 Å². The number of halogens is 2. The lowest BCUT2D eigenvalue weighted by molar-refractivity contribution is 0.0945. The number of benzene rings is 3. The molecule has 1 N–H and O–H groups in total. The Morgan fingerprint density at radius 1 is 0.848 bits per heavy atom. The number of amides is 1. The van der Waals surface area contributed by atoms with E-state index in [1.165, 1.54) is 6.26 Å². The summed E-state index contributed by atoms with van der Waals surface area (Å²) in [6, 6.07) is 25.4. The molecule has 1 aromatic heterocycles. The maximum atomic E-state index is 12.5. The van der Waals surface area contributed by atoms with Gasteiger partial charge in [-0.2, -0.15) is 0 Å². The first-order valence-corrected chi connectivity index (χ1v) is 11.3. The van der Waals surface area contributed by atoms with Gasteiger partial charge in [0.05, 0.1) is 16.6 Å². The summed E-state index contributed by atoms with van der Waals surface area (Å²) >= 11 is 12.6. The van der Waals surface area contributed by atoms with E-state index in [-0.39, 0.29) is 11.6 Å². The van der Waals surface area contributed by atoms with Crippen LogP contribution in [0.4, 0.5) is 0 Å². The third-order valence-corrected chi connectivity index (χ3v) is 5.97. The van der Waals surface area contributed by atoms with Crippen molar-refractivity contribution in [2.24, 2.45) is 0 Å². The number of carbonyl (C=O) groups excluding carboxylic acids is 1. The molecule has 0 aliphatic rings. The number of rotatable bonds is 9. The van der Waals surface area contributed by atoms with Crippen LogP contribution in [-0.2, 0) is 26.2 Å². The molecular formula is C26H23Cl2N3O2.